The second-order valence-corrected chi connectivity index (χ2v) is 11.4. The summed E-state index contributed by atoms with van der Waals surface area (Å²) in [4.78, 5) is 26.5. The average Bonchev–Trinajstić information content (AvgIpc) is 3.23. The van der Waals surface area contributed by atoms with Gasteiger partial charge in [-0.3, -0.25) is 9.59 Å². The standard InChI is InChI=1S/C31H42N2O5/c1-19(2)26(31(38)33-25-18-22-15-9-10-16-23(22)27(25)34)29(36)28(35)24(17-20-11-5-3-6-12-20)32-30(37)21-13-7-4-8-14-21/h4,7-10,13-16,19-20,24-29,34-36H,3,5-6,11-12,17-18H2,1-2H3,(H,32,37)(H,33,38)/t24-,25-,26+,27+,28+,29+/m0/s1. The van der Waals surface area contributed by atoms with E-state index in [1.807, 2.05) is 44.2 Å². The molecule has 1 fully saturated rings. The molecule has 2 aromatic carbocycles. The highest BCUT2D eigenvalue weighted by molar-refractivity contribution is 5.94. The maximum Gasteiger partial charge on any atom is 0.251 e. The highest BCUT2D eigenvalue weighted by Gasteiger charge is 2.41. The highest BCUT2D eigenvalue weighted by Crippen LogP contribution is 2.33. The van der Waals surface area contributed by atoms with Crippen LogP contribution >= 0.6 is 0 Å². The summed E-state index contributed by atoms with van der Waals surface area (Å²) >= 11 is 0. The Bertz CT molecular complexity index is 1070. The molecule has 2 aromatic rings. The molecule has 1 saturated carbocycles. The van der Waals surface area contributed by atoms with Gasteiger partial charge in [0.1, 0.15) is 6.10 Å². The Morgan fingerprint density at radius 1 is 0.921 bits per heavy atom. The van der Waals surface area contributed by atoms with E-state index < -0.39 is 42.2 Å². The first-order valence-corrected chi connectivity index (χ1v) is 14.0. The van der Waals surface area contributed by atoms with Crippen molar-refractivity contribution >= 4 is 11.8 Å². The average molecular weight is 523 g/mol. The van der Waals surface area contributed by atoms with E-state index in [0.717, 1.165) is 36.8 Å². The van der Waals surface area contributed by atoms with Gasteiger partial charge in [0.05, 0.1) is 30.2 Å². The molecule has 206 valence electrons. The van der Waals surface area contributed by atoms with Crippen molar-refractivity contribution in [3.63, 3.8) is 0 Å². The zero-order valence-corrected chi connectivity index (χ0v) is 22.4. The molecule has 4 rings (SSSR count). The molecule has 7 nitrogen and oxygen atoms in total. The fourth-order valence-corrected chi connectivity index (χ4v) is 6.19. The van der Waals surface area contributed by atoms with Gasteiger partial charge in [-0.05, 0) is 47.9 Å². The number of benzene rings is 2. The number of nitrogens with one attached hydrogen (secondary N) is 2. The maximum atomic E-state index is 13.5. The number of fused-ring (bicyclic) bond motifs is 1. The summed E-state index contributed by atoms with van der Waals surface area (Å²) in [6.07, 6.45) is 2.98. The molecule has 0 heterocycles. The molecule has 0 unspecified atom stereocenters. The minimum Gasteiger partial charge on any atom is -0.390 e. The van der Waals surface area contributed by atoms with Crippen molar-refractivity contribution in [1.82, 2.24) is 10.6 Å². The van der Waals surface area contributed by atoms with Gasteiger partial charge in [0, 0.05) is 5.56 Å². The Morgan fingerprint density at radius 2 is 1.58 bits per heavy atom. The molecule has 6 atom stereocenters. The molecule has 0 bridgehead atoms. The van der Waals surface area contributed by atoms with E-state index in [0.29, 0.717) is 24.3 Å². The lowest BCUT2D eigenvalue weighted by molar-refractivity contribution is -0.137. The van der Waals surface area contributed by atoms with Crippen LogP contribution in [0.2, 0.25) is 0 Å². The smallest absolute Gasteiger partial charge is 0.251 e. The molecular formula is C31H42N2O5. The van der Waals surface area contributed by atoms with Gasteiger partial charge in [-0.25, -0.2) is 0 Å². The molecular weight excluding hydrogens is 480 g/mol. The third-order valence-electron chi connectivity index (χ3n) is 8.34. The molecule has 38 heavy (non-hydrogen) atoms. The lowest BCUT2D eigenvalue weighted by Crippen LogP contribution is -2.55. The fourth-order valence-electron chi connectivity index (χ4n) is 6.19. The van der Waals surface area contributed by atoms with Crippen LogP contribution in [0.4, 0.5) is 0 Å². The highest BCUT2D eigenvalue weighted by atomic mass is 16.3. The van der Waals surface area contributed by atoms with Crippen molar-refractivity contribution in [3.05, 3.63) is 71.3 Å². The lowest BCUT2D eigenvalue weighted by Gasteiger charge is -2.36. The summed E-state index contributed by atoms with van der Waals surface area (Å²) in [5.74, 6) is -1.57. The minimum atomic E-state index is -1.39. The van der Waals surface area contributed by atoms with E-state index in [1.165, 1.54) is 6.42 Å². The summed E-state index contributed by atoms with van der Waals surface area (Å²) in [6, 6.07) is 15.2. The van der Waals surface area contributed by atoms with Crippen LogP contribution in [0.15, 0.2) is 54.6 Å². The number of hydrogen-bond donors (Lipinski definition) is 5. The molecule has 2 aliphatic carbocycles. The quantitative estimate of drug-likeness (QED) is 0.327. The fraction of sp³-hybridized carbons (Fsp3) is 0.548. The van der Waals surface area contributed by atoms with Crippen LogP contribution in [0.25, 0.3) is 0 Å². The monoisotopic (exact) mass is 522 g/mol. The van der Waals surface area contributed by atoms with E-state index in [9.17, 15) is 24.9 Å². The molecule has 2 amide bonds. The Balaban J connectivity index is 1.48. The molecule has 0 radical (unpaired) electrons. The lowest BCUT2D eigenvalue weighted by atomic mass is 9.79. The van der Waals surface area contributed by atoms with Gasteiger partial charge < -0.3 is 26.0 Å². The third-order valence-corrected chi connectivity index (χ3v) is 8.34. The van der Waals surface area contributed by atoms with Gasteiger partial charge in [0.15, 0.2) is 0 Å². The summed E-state index contributed by atoms with van der Waals surface area (Å²) < 4.78 is 0. The number of hydrogen-bond acceptors (Lipinski definition) is 5. The van der Waals surface area contributed by atoms with Gasteiger partial charge in [-0.15, -0.1) is 0 Å². The molecule has 2 aliphatic rings. The first-order chi connectivity index (χ1) is 18.3. The third kappa shape index (κ3) is 6.63. The summed E-state index contributed by atoms with van der Waals surface area (Å²) in [5.41, 5.74) is 2.27. The Morgan fingerprint density at radius 3 is 2.24 bits per heavy atom. The summed E-state index contributed by atoms with van der Waals surface area (Å²) in [7, 11) is 0. The molecule has 0 aromatic heterocycles. The van der Waals surface area contributed by atoms with E-state index >= 15 is 0 Å². The molecule has 5 N–H and O–H groups in total. The van der Waals surface area contributed by atoms with E-state index in [1.54, 1.807) is 24.3 Å². The maximum absolute atomic E-state index is 13.5. The van der Waals surface area contributed by atoms with Crippen molar-refractivity contribution in [3.8, 4) is 0 Å². The zero-order chi connectivity index (χ0) is 27.2. The summed E-state index contributed by atoms with van der Waals surface area (Å²) in [5, 5.41) is 39.5. The van der Waals surface area contributed by atoms with Crippen LogP contribution in [-0.4, -0.2) is 51.4 Å². The number of aliphatic hydroxyl groups is 3. The van der Waals surface area contributed by atoms with E-state index in [4.69, 9.17) is 0 Å². The predicted molar refractivity (Wildman–Crippen MR) is 146 cm³/mol. The first-order valence-electron chi connectivity index (χ1n) is 14.0. The number of aliphatic hydroxyl groups excluding tert-OH is 3. The van der Waals surface area contributed by atoms with Crippen LogP contribution in [0.1, 0.15) is 80.0 Å². The Labute approximate surface area is 225 Å². The summed E-state index contributed by atoms with van der Waals surface area (Å²) in [6.45, 7) is 3.66. The van der Waals surface area contributed by atoms with Gasteiger partial charge >= 0.3 is 0 Å². The van der Waals surface area contributed by atoms with E-state index in [-0.39, 0.29) is 11.8 Å². The normalized spacial score (nSPS) is 22.8. The Hall–Kier alpha value is -2.74. The topological polar surface area (TPSA) is 119 Å². The minimum absolute atomic E-state index is 0.277. The number of rotatable bonds is 10. The van der Waals surface area contributed by atoms with Crippen molar-refractivity contribution in [2.24, 2.45) is 17.8 Å². The molecule has 0 aliphatic heterocycles. The predicted octanol–water partition coefficient (Wildman–Crippen LogP) is 3.52. The van der Waals surface area contributed by atoms with Crippen LogP contribution in [-0.2, 0) is 11.2 Å². The van der Waals surface area contributed by atoms with Crippen LogP contribution in [0.5, 0.6) is 0 Å². The second-order valence-electron chi connectivity index (χ2n) is 11.4. The number of amides is 2. The Kier molecular flexibility index (Phi) is 9.58. The van der Waals surface area contributed by atoms with Crippen LogP contribution < -0.4 is 10.6 Å². The molecule has 7 heteroatoms. The van der Waals surface area contributed by atoms with Gasteiger partial charge in [-0.1, -0.05) is 88.4 Å². The van der Waals surface area contributed by atoms with Crippen LogP contribution in [0.3, 0.4) is 0 Å². The number of carbonyl (C=O) groups excluding carboxylic acids is 2. The SMILES string of the molecule is CC(C)[C@@H](C(=O)N[C@H]1Cc2ccccc2[C@H]1O)[C@@H](O)[C@H](O)[C@H](CC1CCCCC1)NC(=O)c1ccccc1. The van der Waals surface area contributed by atoms with Crippen molar-refractivity contribution in [2.75, 3.05) is 0 Å². The van der Waals surface area contributed by atoms with Gasteiger partial charge in [-0.2, -0.15) is 0 Å². The van der Waals surface area contributed by atoms with Crippen molar-refractivity contribution in [2.45, 2.75) is 89.2 Å². The van der Waals surface area contributed by atoms with Gasteiger partial charge in [0.25, 0.3) is 5.91 Å². The second kappa shape index (κ2) is 12.9. The van der Waals surface area contributed by atoms with Gasteiger partial charge in [0.2, 0.25) is 5.91 Å². The molecule has 0 spiro atoms. The van der Waals surface area contributed by atoms with E-state index in [2.05, 4.69) is 10.6 Å². The molecule has 0 saturated heterocycles. The van der Waals surface area contributed by atoms with Crippen molar-refractivity contribution < 1.29 is 24.9 Å². The number of carbonyl (C=O) groups is 2. The first kappa shape index (κ1) is 28.3. The zero-order valence-electron chi connectivity index (χ0n) is 22.4. The largest absolute Gasteiger partial charge is 0.390 e. The van der Waals surface area contributed by atoms with Crippen LogP contribution in [0, 0.1) is 17.8 Å². The van der Waals surface area contributed by atoms with Crippen molar-refractivity contribution in [1.29, 1.82) is 0 Å².